The zero-order valence-corrected chi connectivity index (χ0v) is 14.4. The number of hydrogen-bond donors (Lipinski definition) is 1. The molecule has 0 aliphatic heterocycles. The zero-order chi connectivity index (χ0) is 18.1. The van der Waals surface area contributed by atoms with E-state index in [1.165, 1.54) is 23.9 Å². The van der Waals surface area contributed by atoms with Crippen LogP contribution in [0.1, 0.15) is 18.1 Å². The lowest BCUT2D eigenvalue weighted by Gasteiger charge is -2.05. The summed E-state index contributed by atoms with van der Waals surface area (Å²) in [4.78, 5) is 17.1. The van der Waals surface area contributed by atoms with Gasteiger partial charge in [-0.3, -0.25) is 4.79 Å². The minimum atomic E-state index is -2.47. The molecule has 0 saturated heterocycles. The number of rotatable bonds is 8. The average molecular weight is 364 g/mol. The second kappa shape index (κ2) is 9.78. The van der Waals surface area contributed by atoms with E-state index in [1.54, 1.807) is 12.1 Å². The van der Waals surface area contributed by atoms with Crippen molar-refractivity contribution < 1.29 is 18.4 Å². The third-order valence-corrected chi connectivity index (χ3v) is 3.95. The Morgan fingerprint density at radius 1 is 1.20 bits per heavy atom. The van der Waals surface area contributed by atoms with Gasteiger partial charge in [0.05, 0.1) is 6.21 Å². The number of aryl methyl sites for hydroxylation is 1. The standard InChI is InChI=1S/C18H18F2N2O2S/c1-2-13-3-5-14(6-4-13)11-21-24-12-17(23)22-15-7-9-16(10-8-15)25-18(19)20/h3-11,18H,2,12H2,1H3,(H,22,23)/b21-11+. The third kappa shape index (κ3) is 6.93. The number of hydrogen-bond acceptors (Lipinski definition) is 4. The minimum Gasteiger partial charge on any atom is -0.386 e. The van der Waals surface area contributed by atoms with Gasteiger partial charge in [-0.15, -0.1) is 0 Å². The second-order valence-corrected chi connectivity index (χ2v) is 6.12. The molecule has 0 spiro atoms. The van der Waals surface area contributed by atoms with Gasteiger partial charge < -0.3 is 10.2 Å². The molecule has 2 aromatic carbocycles. The first-order valence-corrected chi connectivity index (χ1v) is 8.54. The van der Waals surface area contributed by atoms with Crippen LogP contribution >= 0.6 is 11.8 Å². The van der Waals surface area contributed by atoms with Gasteiger partial charge >= 0.3 is 0 Å². The monoisotopic (exact) mass is 364 g/mol. The highest BCUT2D eigenvalue weighted by atomic mass is 32.2. The van der Waals surface area contributed by atoms with Gasteiger partial charge in [0.15, 0.2) is 6.61 Å². The molecule has 0 atom stereocenters. The molecule has 0 heterocycles. The molecule has 0 aromatic heterocycles. The summed E-state index contributed by atoms with van der Waals surface area (Å²) in [5.41, 5.74) is 2.62. The largest absolute Gasteiger partial charge is 0.386 e. The quantitative estimate of drug-likeness (QED) is 0.425. The van der Waals surface area contributed by atoms with E-state index in [-0.39, 0.29) is 12.5 Å². The van der Waals surface area contributed by atoms with Crippen LogP contribution in [0.25, 0.3) is 0 Å². The van der Waals surface area contributed by atoms with Crippen molar-refractivity contribution in [3.63, 3.8) is 0 Å². The molecule has 2 rings (SSSR count). The number of amides is 1. The van der Waals surface area contributed by atoms with Crippen molar-refractivity contribution in [1.29, 1.82) is 0 Å². The van der Waals surface area contributed by atoms with E-state index in [4.69, 9.17) is 4.84 Å². The fourth-order valence-corrected chi connectivity index (χ4v) is 2.45. The molecular weight excluding hydrogens is 346 g/mol. The van der Waals surface area contributed by atoms with Crippen molar-refractivity contribution in [3.8, 4) is 0 Å². The number of halogens is 2. The van der Waals surface area contributed by atoms with Gasteiger partial charge in [-0.05, 0) is 41.8 Å². The predicted octanol–water partition coefficient (Wildman–Crippen LogP) is 4.55. The van der Waals surface area contributed by atoms with E-state index < -0.39 is 5.76 Å². The Balaban J connectivity index is 1.75. The van der Waals surface area contributed by atoms with Gasteiger partial charge in [-0.25, -0.2) is 0 Å². The normalized spacial score (nSPS) is 11.0. The second-order valence-electron chi connectivity index (χ2n) is 5.05. The van der Waals surface area contributed by atoms with E-state index in [2.05, 4.69) is 17.4 Å². The summed E-state index contributed by atoms with van der Waals surface area (Å²) in [7, 11) is 0. The summed E-state index contributed by atoms with van der Waals surface area (Å²) in [6.45, 7) is 1.84. The molecule has 0 aliphatic rings. The van der Waals surface area contributed by atoms with Crippen LogP contribution in [0.3, 0.4) is 0 Å². The highest BCUT2D eigenvalue weighted by Gasteiger charge is 2.06. The molecule has 1 N–H and O–H groups in total. The maximum Gasteiger partial charge on any atom is 0.288 e. The van der Waals surface area contributed by atoms with Crippen LogP contribution in [0, 0.1) is 0 Å². The fraction of sp³-hybridized carbons (Fsp3) is 0.222. The van der Waals surface area contributed by atoms with Crippen LogP contribution in [0.5, 0.6) is 0 Å². The number of alkyl halides is 2. The number of anilines is 1. The molecule has 132 valence electrons. The molecule has 0 radical (unpaired) electrons. The molecule has 2 aromatic rings. The smallest absolute Gasteiger partial charge is 0.288 e. The predicted molar refractivity (Wildman–Crippen MR) is 96.3 cm³/mol. The molecule has 0 saturated carbocycles. The fourth-order valence-electron chi connectivity index (χ4n) is 1.95. The third-order valence-electron chi connectivity index (χ3n) is 3.22. The first-order valence-electron chi connectivity index (χ1n) is 7.66. The van der Waals surface area contributed by atoms with E-state index in [1.807, 2.05) is 24.3 Å². The first-order chi connectivity index (χ1) is 12.1. The first kappa shape index (κ1) is 18.9. The molecule has 7 heteroatoms. The highest BCUT2D eigenvalue weighted by Crippen LogP contribution is 2.26. The number of carbonyl (C=O) groups excluding carboxylic acids is 1. The number of nitrogens with zero attached hydrogens (tertiary/aromatic N) is 1. The molecular formula is C18H18F2N2O2S. The van der Waals surface area contributed by atoms with Crippen LogP contribution in [0.15, 0.2) is 58.6 Å². The Labute approximate surface area is 149 Å². The van der Waals surface area contributed by atoms with Gasteiger partial charge in [0.1, 0.15) is 0 Å². The van der Waals surface area contributed by atoms with E-state index in [0.717, 1.165) is 12.0 Å². The lowest BCUT2D eigenvalue weighted by atomic mass is 10.1. The van der Waals surface area contributed by atoms with E-state index in [0.29, 0.717) is 22.3 Å². The summed E-state index contributed by atoms with van der Waals surface area (Å²) in [6, 6.07) is 14.0. The number of nitrogens with one attached hydrogen (secondary N) is 1. The number of thioether (sulfide) groups is 1. The zero-order valence-electron chi connectivity index (χ0n) is 13.6. The van der Waals surface area contributed by atoms with Crippen molar-refractivity contribution >= 4 is 29.6 Å². The molecule has 0 bridgehead atoms. The van der Waals surface area contributed by atoms with Crippen LogP contribution in [-0.2, 0) is 16.1 Å². The summed E-state index contributed by atoms with van der Waals surface area (Å²) in [6.07, 6.45) is 2.50. The Morgan fingerprint density at radius 2 is 1.88 bits per heavy atom. The summed E-state index contributed by atoms with van der Waals surface area (Å²) in [5, 5.41) is 6.35. The topological polar surface area (TPSA) is 50.7 Å². The highest BCUT2D eigenvalue weighted by molar-refractivity contribution is 7.99. The number of benzene rings is 2. The summed E-state index contributed by atoms with van der Waals surface area (Å²) < 4.78 is 24.5. The molecule has 0 fully saturated rings. The Kier molecular flexibility index (Phi) is 7.40. The average Bonchev–Trinajstić information content (AvgIpc) is 2.60. The van der Waals surface area contributed by atoms with Crippen LogP contribution in [0.2, 0.25) is 0 Å². The summed E-state index contributed by atoms with van der Waals surface area (Å²) in [5.74, 6) is -2.85. The van der Waals surface area contributed by atoms with E-state index in [9.17, 15) is 13.6 Å². The molecule has 25 heavy (non-hydrogen) atoms. The number of carbonyl (C=O) groups is 1. The van der Waals surface area contributed by atoms with Crippen LogP contribution < -0.4 is 5.32 Å². The maximum absolute atomic E-state index is 12.2. The van der Waals surface area contributed by atoms with Crippen molar-refractivity contribution in [1.82, 2.24) is 0 Å². The van der Waals surface area contributed by atoms with Crippen LogP contribution in [-0.4, -0.2) is 24.5 Å². The van der Waals surface area contributed by atoms with Crippen LogP contribution in [0.4, 0.5) is 14.5 Å². The van der Waals surface area contributed by atoms with E-state index >= 15 is 0 Å². The molecule has 0 unspecified atom stereocenters. The maximum atomic E-state index is 12.2. The van der Waals surface area contributed by atoms with Gasteiger partial charge in [-0.1, -0.05) is 48.1 Å². The molecule has 0 aliphatic carbocycles. The van der Waals surface area contributed by atoms with Crippen molar-refractivity contribution in [2.24, 2.45) is 5.16 Å². The lowest BCUT2D eigenvalue weighted by molar-refractivity contribution is -0.120. The Hall–Kier alpha value is -2.41. The van der Waals surface area contributed by atoms with Gasteiger partial charge in [-0.2, -0.15) is 8.78 Å². The molecule has 1 amide bonds. The van der Waals surface area contributed by atoms with Gasteiger partial charge in [0, 0.05) is 10.6 Å². The van der Waals surface area contributed by atoms with Gasteiger partial charge in [0.25, 0.3) is 11.7 Å². The Morgan fingerprint density at radius 3 is 2.48 bits per heavy atom. The lowest BCUT2D eigenvalue weighted by Crippen LogP contribution is -2.16. The number of oxime groups is 1. The van der Waals surface area contributed by atoms with Gasteiger partial charge in [0.2, 0.25) is 0 Å². The van der Waals surface area contributed by atoms with Crippen molar-refractivity contribution in [2.45, 2.75) is 24.0 Å². The Bertz CT molecular complexity index is 704. The summed E-state index contributed by atoms with van der Waals surface area (Å²) >= 11 is 0.453. The SMILES string of the molecule is CCc1ccc(/C=N/OCC(=O)Nc2ccc(SC(F)F)cc2)cc1. The minimum absolute atomic E-state index is 0.239. The molecule has 4 nitrogen and oxygen atoms in total. The van der Waals surface area contributed by atoms with Crippen molar-refractivity contribution in [2.75, 3.05) is 11.9 Å². The van der Waals surface area contributed by atoms with Crippen molar-refractivity contribution in [3.05, 3.63) is 59.7 Å².